The Labute approximate surface area is 116 Å². The van der Waals surface area contributed by atoms with Gasteiger partial charge in [-0.1, -0.05) is 32.0 Å². The van der Waals surface area contributed by atoms with Crippen molar-refractivity contribution >= 4 is 11.6 Å². The van der Waals surface area contributed by atoms with Crippen LogP contribution in [0.15, 0.2) is 30.3 Å². The Bertz CT molecular complexity index is 408. The molecule has 1 aliphatic rings. The predicted molar refractivity (Wildman–Crippen MR) is 78.2 cm³/mol. The van der Waals surface area contributed by atoms with E-state index in [0.29, 0.717) is 11.8 Å². The number of likely N-dealkylation sites (tertiary alicyclic amines) is 1. The second kappa shape index (κ2) is 6.20. The molecule has 0 saturated carbocycles. The first-order valence-electron chi connectivity index (χ1n) is 7.26. The van der Waals surface area contributed by atoms with Crippen molar-refractivity contribution in [1.29, 1.82) is 0 Å². The van der Waals surface area contributed by atoms with E-state index in [9.17, 15) is 4.79 Å². The number of amides is 1. The Hall–Kier alpha value is -1.35. The fourth-order valence-corrected chi connectivity index (χ4v) is 3.14. The van der Waals surface area contributed by atoms with Crippen molar-refractivity contribution < 1.29 is 9.69 Å². The van der Waals surface area contributed by atoms with Crippen LogP contribution in [0.25, 0.3) is 0 Å². The van der Waals surface area contributed by atoms with E-state index in [1.807, 2.05) is 37.3 Å². The van der Waals surface area contributed by atoms with E-state index in [1.54, 1.807) is 0 Å². The first kappa shape index (κ1) is 14.1. The normalized spacial score (nSPS) is 28.7. The fraction of sp³-hybridized carbons (Fsp3) is 0.562. The molecule has 4 atom stereocenters. The van der Waals surface area contributed by atoms with Gasteiger partial charge in [0, 0.05) is 17.5 Å². The van der Waals surface area contributed by atoms with Crippen LogP contribution in [0.3, 0.4) is 0 Å². The van der Waals surface area contributed by atoms with Crippen LogP contribution in [0.5, 0.6) is 0 Å². The highest BCUT2D eigenvalue weighted by molar-refractivity contribution is 5.93. The number of carbonyl (C=O) groups excluding carboxylic acids is 1. The summed E-state index contributed by atoms with van der Waals surface area (Å²) in [4.78, 5) is 13.7. The summed E-state index contributed by atoms with van der Waals surface area (Å²) in [5.41, 5.74) is 0.886. The largest absolute Gasteiger partial charge is 0.324 e. The van der Waals surface area contributed by atoms with Crippen LogP contribution in [0.4, 0.5) is 5.69 Å². The van der Waals surface area contributed by atoms with Crippen molar-refractivity contribution in [1.82, 2.24) is 0 Å². The lowest BCUT2D eigenvalue weighted by molar-refractivity contribution is -0.925. The zero-order valence-electron chi connectivity index (χ0n) is 12.1. The van der Waals surface area contributed by atoms with Crippen LogP contribution in [0.1, 0.15) is 27.2 Å². The Balaban J connectivity index is 1.95. The van der Waals surface area contributed by atoms with Gasteiger partial charge in [0.2, 0.25) is 0 Å². The van der Waals surface area contributed by atoms with Crippen molar-refractivity contribution in [2.75, 3.05) is 18.4 Å². The standard InChI is InChI=1S/C16H24N2O/c1-12-9-13(2)11-18(10-12)14(3)16(19)17-15-7-5-4-6-8-15/h4-8,12-14H,9-11H2,1-3H3,(H,17,19)/p+1/t12-,13+,14-/m0/s1. The van der Waals surface area contributed by atoms with Gasteiger partial charge < -0.3 is 10.2 Å². The number of carbonyl (C=O) groups is 1. The van der Waals surface area contributed by atoms with Gasteiger partial charge in [-0.2, -0.15) is 0 Å². The molecule has 1 unspecified atom stereocenters. The van der Waals surface area contributed by atoms with Crippen LogP contribution in [0.2, 0.25) is 0 Å². The van der Waals surface area contributed by atoms with Crippen molar-refractivity contribution in [3.8, 4) is 0 Å². The molecule has 3 nitrogen and oxygen atoms in total. The summed E-state index contributed by atoms with van der Waals surface area (Å²) in [6.07, 6.45) is 1.29. The van der Waals surface area contributed by atoms with E-state index >= 15 is 0 Å². The molecule has 0 bridgehead atoms. The van der Waals surface area contributed by atoms with Gasteiger partial charge in [-0.15, -0.1) is 0 Å². The van der Waals surface area contributed by atoms with Gasteiger partial charge in [-0.05, 0) is 25.5 Å². The highest BCUT2D eigenvalue weighted by Gasteiger charge is 2.32. The highest BCUT2D eigenvalue weighted by Crippen LogP contribution is 2.12. The maximum atomic E-state index is 12.3. The monoisotopic (exact) mass is 261 g/mol. The second-order valence-corrected chi connectivity index (χ2v) is 6.09. The summed E-state index contributed by atoms with van der Waals surface area (Å²) in [7, 11) is 0. The molecule has 0 aliphatic carbocycles. The van der Waals surface area contributed by atoms with Crippen molar-refractivity contribution in [3.05, 3.63) is 30.3 Å². The first-order valence-corrected chi connectivity index (χ1v) is 7.26. The molecular weight excluding hydrogens is 236 g/mol. The van der Waals surface area contributed by atoms with Crippen molar-refractivity contribution in [3.63, 3.8) is 0 Å². The molecule has 2 N–H and O–H groups in total. The van der Waals surface area contributed by atoms with E-state index in [2.05, 4.69) is 19.2 Å². The molecule has 1 saturated heterocycles. The van der Waals surface area contributed by atoms with E-state index in [0.717, 1.165) is 18.8 Å². The summed E-state index contributed by atoms with van der Waals surface area (Å²) in [5, 5.41) is 3.01. The number of para-hydroxylation sites is 1. The van der Waals surface area contributed by atoms with E-state index in [-0.39, 0.29) is 11.9 Å². The highest BCUT2D eigenvalue weighted by atomic mass is 16.2. The minimum absolute atomic E-state index is 0.0189. The van der Waals surface area contributed by atoms with Crippen molar-refractivity contribution in [2.45, 2.75) is 33.2 Å². The molecule has 104 valence electrons. The maximum absolute atomic E-state index is 12.3. The topological polar surface area (TPSA) is 33.5 Å². The number of hydrogen-bond acceptors (Lipinski definition) is 1. The quantitative estimate of drug-likeness (QED) is 0.851. The Morgan fingerprint density at radius 3 is 2.37 bits per heavy atom. The van der Waals surface area contributed by atoms with Crippen LogP contribution in [-0.2, 0) is 4.79 Å². The zero-order valence-corrected chi connectivity index (χ0v) is 12.1. The number of rotatable bonds is 3. The van der Waals surface area contributed by atoms with Crippen LogP contribution >= 0.6 is 0 Å². The van der Waals surface area contributed by atoms with Gasteiger partial charge in [-0.25, -0.2) is 0 Å². The minimum Gasteiger partial charge on any atom is -0.324 e. The Morgan fingerprint density at radius 1 is 1.21 bits per heavy atom. The lowest BCUT2D eigenvalue weighted by atomic mass is 9.91. The number of hydrogen-bond donors (Lipinski definition) is 2. The number of piperidine rings is 1. The minimum atomic E-state index is 0.0189. The average molecular weight is 261 g/mol. The van der Waals surface area contributed by atoms with Gasteiger partial charge in [0.15, 0.2) is 6.04 Å². The third-order valence-electron chi connectivity index (χ3n) is 4.07. The lowest BCUT2D eigenvalue weighted by Crippen LogP contribution is -3.18. The van der Waals surface area contributed by atoms with Crippen LogP contribution in [-0.4, -0.2) is 25.0 Å². The molecule has 0 spiro atoms. The lowest BCUT2D eigenvalue weighted by Gasteiger charge is -2.35. The zero-order chi connectivity index (χ0) is 13.8. The fourth-order valence-electron chi connectivity index (χ4n) is 3.14. The second-order valence-electron chi connectivity index (χ2n) is 6.09. The first-order chi connectivity index (χ1) is 9.06. The van der Waals surface area contributed by atoms with Gasteiger partial charge in [0.1, 0.15) is 0 Å². The Kier molecular flexibility index (Phi) is 4.59. The SMILES string of the molecule is C[C@@H]1C[C@H](C)C[NH+]([C@@H](C)C(=O)Nc2ccccc2)C1. The van der Waals surface area contributed by atoms with Gasteiger partial charge >= 0.3 is 0 Å². The van der Waals surface area contributed by atoms with Gasteiger partial charge in [0.05, 0.1) is 13.1 Å². The number of nitrogens with one attached hydrogen (secondary N) is 2. The third kappa shape index (κ3) is 3.80. The van der Waals surface area contributed by atoms with Gasteiger partial charge in [0.25, 0.3) is 5.91 Å². The van der Waals surface area contributed by atoms with Crippen LogP contribution in [0, 0.1) is 11.8 Å². The molecule has 1 aromatic carbocycles. The summed E-state index contributed by atoms with van der Waals surface area (Å²) in [5.74, 6) is 1.55. The Morgan fingerprint density at radius 2 is 1.79 bits per heavy atom. The smallest absolute Gasteiger partial charge is 0.282 e. The third-order valence-corrected chi connectivity index (χ3v) is 4.07. The molecule has 0 aromatic heterocycles. The molecular formula is C16H25N2O+. The summed E-state index contributed by atoms with van der Waals surface area (Å²) >= 11 is 0. The molecule has 1 aliphatic heterocycles. The van der Waals surface area contributed by atoms with Crippen molar-refractivity contribution in [2.24, 2.45) is 11.8 Å². The molecule has 1 amide bonds. The number of benzene rings is 1. The molecule has 3 heteroatoms. The molecule has 19 heavy (non-hydrogen) atoms. The number of anilines is 1. The van der Waals surface area contributed by atoms with E-state index < -0.39 is 0 Å². The molecule has 1 heterocycles. The summed E-state index contributed by atoms with van der Waals surface area (Å²) in [6.45, 7) is 8.83. The van der Waals surface area contributed by atoms with Crippen LogP contribution < -0.4 is 10.2 Å². The summed E-state index contributed by atoms with van der Waals surface area (Å²) < 4.78 is 0. The average Bonchev–Trinajstić information content (AvgIpc) is 2.37. The predicted octanol–water partition coefficient (Wildman–Crippen LogP) is 1.57. The molecule has 2 rings (SSSR count). The van der Waals surface area contributed by atoms with E-state index in [4.69, 9.17) is 0 Å². The maximum Gasteiger partial charge on any atom is 0.282 e. The van der Waals surface area contributed by atoms with E-state index in [1.165, 1.54) is 11.3 Å². The summed E-state index contributed by atoms with van der Waals surface area (Å²) in [6, 6.07) is 9.72. The molecule has 0 radical (unpaired) electrons. The van der Waals surface area contributed by atoms with Gasteiger partial charge in [-0.3, -0.25) is 4.79 Å². The molecule has 1 fully saturated rings. The molecule has 1 aromatic rings. The number of quaternary nitrogens is 1.